The highest BCUT2D eigenvalue weighted by atomic mass is 32.1. The normalized spacial score (nSPS) is 13.2. The number of esters is 2. The number of carbonyl (C=O) groups is 2. The number of thiazole rings is 1. The van der Waals surface area contributed by atoms with Gasteiger partial charge in [0.15, 0.2) is 5.13 Å². The van der Waals surface area contributed by atoms with Crippen LogP contribution in [0.2, 0.25) is 25.7 Å². The average molecular weight is 430 g/mol. The van der Waals surface area contributed by atoms with E-state index in [4.69, 9.17) is 20.0 Å². The van der Waals surface area contributed by atoms with Crippen molar-refractivity contribution in [3.05, 3.63) is 11.1 Å². The molecule has 0 spiro atoms. The molecule has 1 aromatic heterocycles. The number of nitrogens with two attached hydrogens (primary N) is 1. The lowest BCUT2D eigenvalue weighted by molar-refractivity contribution is -0.168. The first-order chi connectivity index (χ1) is 12.6. The summed E-state index contributed by atoms with van der Waals surface area (Å²) in [5, 5.41) is 5.72. The number of hydrogen-bond acceptors (Lipinski definition) is 9. The Bertz CT molecular complexity index is 732. The molecule has 1 rings (SSSR count). The van der Waals surface area contributed by atoms with E-state index in [0.717, 1.165) is 17.4 Å². The van der Waals surface area contributed by atoms with Gasteiger partial charge in [-0.1, -0.05) is 24.8 Å². The molecule has 8 nitrogen and oxygen atoms in total. The highest BCUT2D eigenvalue weighted by Gasteiger charge is 2.34. The van der Waals surface area contributed by atoms with E-state index >= 15 is 0 Å². The quantitative estimate of drug-likeness (QED) is 0.291. The van der Waals surface area contributed by atoms with Crippen LogP contribution in [0.5, 0.6) is 0 Å². The van der Waals surface area contributed by atoms with Crippen LogP contribution in [-0.2, 0) is 23.9 Å². The number of oxime groups is 1. The van der Waals surface area contributed by atoms with Crippen LogP contribution in [0.25, 0.3) is 0 Å². The molecule has 0 unspecified atom stereocenters. The second-order valence-electron chi connectivity index (χ2n) is 9.06. The Morgan fingerprint density at radius 3 is 2.29 bits per heavy atom. The van der Waals surface area contributed by atoms with E-state index in [1.165, 1.54) is 13.8 Å². The lowest BCUT2D eigenvalue weighted by Gasteiger charge is -2.23. The van der Waals surface area contributed by atoms with Gasteiger partial charge in [-0.25, -0.2) is 14.6 Å². The Morgan fingerprint density at radius 2 is 1.82 bits per heavy atom. The minimum Gasteiger partial charge on any atom is -0.463 e. The minimum absolute atomic E-state index is 0.161. The van der Waals surface area contributed by atoms with Crippen LogP contribution < -0.4 is 5.73 Å². The van der Waals surface area contributed by atoms with Crippen molar-refractivity contribution in [1.82, 2.24) is 4.98 Å². The van der Waals surface area contributed by atoms with Gasteiger partial charge in [0.1, 0.15) is 11.3 Å². The number of carbonyl (C=O) groups excluding carboxylic acids is 2. The van der Waals surface area contributed by atoms with Gasteiger partial charge in [-0.15, -0.1) is 11.3 Å². The van der Waals surface area contributed by atoms with Crippen LogP contribution >= 0.6 is 11.3 Å². The van der Waals surface area contributed by atoms with Crippen LogP contribution in [-0.4, -0.2) is 48.5 Å². The largest absolute Gasteiger partial charge is 0.463 e. The Balaban J connectivity index is 2.95. The molecule has 0 aromatic carbocycles. The molecule has 0 fully saturated rings. The lowest BCUT2D eigenvalue weighted by Crippen LogP contribution is -2.37. The molecule has 0 saturated heterocycles. The number of ether oxygens (including phenoxy) is 2. The molecular weight excluding hydrogens is 398 g/mol. The molecule has 0 saturated carbocycles. The van der Waals surface area contributed by atoms with E-state index in [1.807, 2.05) is 0 Å². The maximum absolute atomic E-state index is 12.5. The molecule has 158 valence electrons. The fraction of sp³-hybridized carbons (Fsp3) is 0.667. The van der Waals surface area contributed by atoms with Crippen molar-refractivity contribution in [1.29, 1.82) is 0 Å². The summed E-state index contributed by atoms with van der Waals surface area (Å²) in [6, 6.07) is 0.847. The van der Waals surface area contributed by atoms with Gasteiger partial charge in [0, 0.05) is 13.5 Å². The van der Waals surface area contributed by atoms with E-state index in [0.29, 0.717) is 6.61 Å². The highest BCUT2D eigenvalue weighted by Crippen LogP contribution is 2.19. The van der Waals surface area contributed by atoms with Crippen LogP contribution in [0.3, 0.4) is 0 Å². The minimum atomic E-state index is -1.38. The van der Waals surface area contributed by atoms with E-state index < -0.39 is 31.2 Å². The van der Waals surface area contributed by atoms with Crippen molar-refractivity contribution in [2.75, 3.05) is 12.3 Å². The summed E-state index contributed by atoms with van der Waals surface area (Å²) in [6.07, 6.45) is 0. The molecule has 0 aliphatic rings. The highest BCUT2D eigenvalue weighted by molar-refractivity contribution is 7.13. The molecule has 10 heteroatoms. The fourth-order valence-corrected chi connectivity index (χ4v) is 2.99. The first kappa shape index (κ1) is 24.1. The summed E-state index contributed by atoms with van der Waals surface area (Å²) in [5.74, 6) is -1.28. The number of nitrogens with zero attached hydrogens (tertiary/aromatic N) is 2. The van der Waals surface area contributed by atoms with Gasteiger partial charge in [0.2, 0.25) is 11.3 Å². The molecular formula is C18H31N3O5SSi. The summed E-state index contributed by atoms with van der Waals surface area (Å²) in [5.41, 5.74) is 3.60. The van der Waals surface area contributed by atoms with Crippen molar-refractivity contribution in [3.8, 4) is 0 Å². The Morgan fingerprint density at radius 1 is 1.21 bits per heavy atom. The zero-order valence-electron chi connectivity index (χ0n) is 17.9. The maximum Gasteiger partial charge on any atom is 0.363 e. The summed E-state index contributed by atoms with van der Waals surface area (Å²) in [6.45, 7) is 15.2. The Kier molecular flexibility index (Phi) is 7.78. The van der Waals surface area contributed by atoms with Crippen LogP contribution in [0.15, 0.2) is 10.5 Å². The summed E-state index contributed by atoms with van der Waals surface area (Å²) in [7, 11) is -1.32. The van der Waals surface area contributed by atoms with Crippen molar-refractivity contribution >= 4 is 42.2 Å². The predicted octanol–water partition coefficient (Wildman–Crippen LogP) is 3.45. The zero-order chi connectivity index (χ0) is 21.8. The summed E-state index contributed by atoms with van der Waals surface area (Å²) >= 11 is 1.16. The zero-order valence-corrected chi connectivity index (χ0v) is 19.7. The first-order valence-corrected chi connectivity index (χ1v) is 13.6. The molecule has 2 N–H and O–H groups in total. The molecule has 0 radical (unpaired) electrons. The second kappa shape index (κ2) is 9.04. The molecule has 0 aliphatic heterocycles. The van der Waals surface area contributed by atoms with Crippen LogP contribution in [0.4, 0.5) is 5.13 Å². The average Bonchev–Trinajstić information content (AvgIpc) is 2.90. The van der Waals surface area contributed by atoms with Crippen molar-refractivity contribution < 1.29 is 23.9 Å². The fourth-order valence-electron chi connectivity index (χ4n) is 1.73. The second-order valence-corrected chi connectivity index (χ2v) is 15.6. The van der Waals surface area contributed by atoms with Gasteiger partial charge < -0.3 is 20.0 Å². The number of aromatic nitrogens is 1. The molecule has 1 aromatic rings. The first-order valence-electron chi connectivity index (χ1n) is 8.99. The number of nitrogen functional groups attached to an aromatic ring is 1. The topological polar surface area (TPSA) is 113 Å². The van der Waals surface area contributed by atoms with Gasteiger partial charge in [-0.05, 0) is 40.7 Å². The third-order valence-electron chi connectivity index (χ3n) is 3.30. The van der Waals surface area contributed by atoms with Gasteiger partial charge in [-0.3, -0.25) is 0 Å². The third-order valence-corrected chi connectivity index (χ3v) is 5.68. The number of hydrogen-bond donors (Lipinski definition) is 1. The lowest BCUT2D eigenvalue weighted by atomic mass is 10.1. The van der Waals surface area contributed by atoms with E-state index in [1.54, 1.807) is 26.2 Å². The maximum atomic E-state index is 12.5. The molecule has 0 atom stereocenters. The van der Waals surface area contributed by atoms with Gasteiger partial charge in [-0.2, -0.15) is 0 Å². The number of anilines is 1. The van der Waals surface area contributed by atoms with E-state index in [2.05, 4.69) is 29.8 Å². The summed E-state index contributed by atoms with van der Waals surface area (Å²) in [4.78, 5) is 34.3. The van der Waals surface area contributed by atoms with E-state index in [9.17, 15) is 9.59 Å². The van der Waals surface area contributed by atoms with E-state index in [-0.39, 0.29) is 16.5 Å². The van der Waals surface area contributed by atoms with Crippen LogP contribution in [0, 0.1) is 0 Å². The van der Waals surface area contributed by atoms with Gasteiger partial charge in [0.25, 0.3) is 0 Å². The molecule has 0 bridgehead atoms. The smallest absolute Gasteiger partial charge is 0.363 e. The van der Waals surface area contributed by atoms with Crippen LogP contribution in [0.1, 0.15) is 40.3 Å². The predicted molar refractivity (Wildman–Crippen MR) is 113 cm³/mol. The van der Waals surface area contributed by atoms with Crippen molar-refractivity contribution in [3.63, 3.8) is 0 Å². The Hall–Kier alpha value is -1.94. The SMILES string of the molecule is CC(C)(C)OC(=O)C(=NOC(C)(C)C(=O)OCC[Si](C)(C)C)c1csc(N)n1. The van der Waals surface area contributed by atoms with Gasteiger partial charge >= 0.3 is 11.9 Å². The molecule has 0 aliphatic carbocycles. The Labute approximate surface area is 171 Å². The molecule has 1 heterocycles. The summed E-state index contributed by atoms with van der Waals surface area (Å²) < 4.78 is 10.7. The number of rotatable bonds is 8. The van der Waals surface area contributed by atoms with Crippen molar-refractivity contribution in [2.45, 2.75) is 71.5 Å². The van der Waals surface area contributed by atoms with Crippen molar-refractivity contribution in [2.24, 2.45) is 5.16 Å². The monoisotopic (exact) mass is 429 g/mol. The van der Waals surface area contributed by atoms with Gasteiger partial charge in [0.05, 0.1) is 6.61 Å². The standard InChI is InChI=1S/C18H31N3O5SSi/c1-17(2,3)25-14(22)13(12-11-27-16(19)20-12)21-26-18(4,5)15(23)24-9-10-28(6,7)8/h11H,9-10H2,1-8H3,(H2,19,20). The molecule has 28 heavy (non-hydrogen) atoms. The molecule has 0 amide bonds. The third kappa shape index (κ3) is 8.38.